The molecule has 0 aliphatic rings. The number of nitrogens with one attached hydrogen (secondary N) is 2. The standard InChI is InChI=1S/C14H20BrN3O2/c1-4-10(3)16-13(14(19)20-5-2)18-17-12-8-6-11(15)7-9-12/h6-10,17H,4-5H2,1-3H3,(H,16,18)/t10-/m0/s1. The normalized spacial score (nSPS) is 12.7. The molecule has 1 aromatic rings. The van der Waals surface area contributed by atoms with E-state index in [0.717, 1.165) is 16.6 Å². The van der Waals surface area contributed by atoms with Crippen molar-refractivity contribution in [1.29, 1.82) is 0 Å². The molecule has 6 heteroatoms. The summed E-state index contributed by atoms with van der Waals surface area (Å²) in [6.07, 6.45) is 0.850. The summed E-state index contributed by atoms with van der Waals surface area (Å²) < 4.78 is 5.97. The van der Waals surface area contributed by atoms with E-state index in [1.165, 1.54) is 0 Å². The third-order valence-electron chi connectivity index (χ3n) is 2.58. The van der Waals surface area contributed by atoms with E-state index < -0.39 is 5.97 Å². The van der Waals surface area contributed by atoms with Crippen LogP contribution in [0.4, 0.5) is 5.69 Å². The summed E-state index contributed by atoms with van der Waals surface area (Å²) in [7, 11) is 0. The largest absolute Gasteiger partial charge is 0.460 e. The number of nitrogens with zero attached hydrogens (tertiary/aromatic N) is 1. The summed E-state index contributed by atoms with van der Waals surface area (Å²) in [6.45, 7) is 6.04. The summed E-state index contributed by atoms with van der Waals surface area (Å²) in [5.41, 5.74) is 6.58. The second kappa shape index (κ2) is 8.58. The van der Waals surface area contributed by atoms with Crippen molar-refractivity contribution in [2.75, 3.05) is 12.0 Å². The highest BCUT2D eigenvalue weighted by Crippen LogP contribution is 2.13. The molecule has 1 atom stereocenters. The number of carbonyl (C=O) groups excluding carboxylic acids is 1. The average Bonchev–Trinajstić information content (AvgIpc) is 2.45. The smallest absolute Gasteiger partial charge is 0.375 e. The Morgan fingerprint density at radius 2 is 2.00 bits per heavy atom. The molecule has 2 N–H and O–H groups in total. The number of rotatable bonds is 5. The van der Waals surface area contributed by atoms with E-state index in [9.17, 15) is 4.79 Å². The van der Waals surface area contributed by atoms with Crippen molar-refractivity contribution in [3.8, 4) is 0 Å². The van der Waals surface area contributed by atoms with Crippen molar-refractivity contribution in [3.05, 3.63) is 28.7 Å². The van der Waals surface area contributed by atoms with Gasteiger partial charge in [0.15, 0.2) is 0 Å². The van der Waals surface area contributed by atoms with E-state index in [2.05, 4.69) is 31.8 Å². The maximum Gasteiger partial charge on any atom is 0.375 e. The van der Waals surface area contributed by atoms with Gasteiger partial charge in [-0.1, -0.05) is 22.9 Å². The Balaban J connectivity index is 2.71. The summed E-state index contributed by atoms with van der Waals surface area (Å²) in [4.78, 5) is 16.1. The first kappa shape index (κ1) is 16.5. The van der Waals surface area contributed by atoms with Gasteiger partial charge in [0.2, 0.25) is 5.84 Å². The molecule has 0 aromatic heterocycles. The third-order valence-corrected chi connectivity index (χ3v) is 3.11. The van der Waals surface area contributed by atoms with Crippen LogP contribution >= 0.6 is 15.9 Å². The van der Waals surface area contributed by atoms with Gasteiger partial charge in [-0.05, 0) is 44.5 Å². The van der Waals surface area contributed by atoms with E-state index in [-0.39, 0.29) is 11.9 Å². The van der Waals surface area contributed by atoms with Crippen molar-refractivity contribution in [3.63, 3.8) is 0 Å². The lowest BCUT2D eigenvalue weighted by atomic mass is 10.3. The number of amidine groups is 1. The fourth-order valence-electron chi connectivity index (χ4n) is 1.31. The molecule has 1 aromatic carbocycles. The molecule has 0 amide bonds. The Kier molecular flexibility index (Phi) is 7.08. The van der Waals surface area contributed by atoms with Crippen LogP contribution in [0.2, 0.25) is 0 Å². The number of carbonyl (C=O) groups is 1. The van der Waals surface area contributed by atoms with Gasteiger partial charge in [0, 0.05) is 10.5 Å². The van der Waals surface area contributed by atoms with Crippen LogP contribution in [-0.2, 0) is 9.53 Å². The lowest BCUT2D eigenvalue weighted by Gasteiger charge is -2.13. The number of anilines is 1. The molecular weight excluding hydrogens is 322 g/mol. The number of hydrazine groups is 1. The molecule has 20 heavy (non-hydrogen) atoms. The molecule has 0 aliphatic carbocycles. The molecule has 0 heterocycles. The highest BCUT2D eigenvalue weighted by molar-refractivity contribution is 9.10. The van der Waals surface area contributed by atoms with E-state index >= 15 is 0 Å². The molecule has 0 saturated heterocycles. The Bertz CT molecular complexity index is 460. The zero-order valence-corrected chi connectivity index (χ0v) is 13.5. The molecule has 0 radical (unpaired) electrons. The van der Waals surface area contributed by atoms with Crippen LogP contribution < -0.4 is 10.9 Å². The van der Waals surface area contributed by atoms with Crippen molar-refractivity contribution in [1.82, 2.24) is 5.43 Å². The van der Waals surface area contributed by atoms with Gasteiger partial charge in [-0.3, -0.25) is 15.8 Å². The third kappa shape index (κ3) is 5.61. The SMILES string of the molecule is CCOC(=O)C(=N[C@@H](C)CC)NNc1ccc(Br)cc1. The molecule has 0 spiro atoms. The van der Waals surface area contributed by atoms with Gasteiger partial charge in [0.25, 0.3) is 0 Å². The molecule has 0 aliphatic heterocycles. The maximum atomic E-state index is 11.8. The second-order valence-corrected chi connectivity index (χ2v) is 5.13. The van der Waals surface area contributed by atoms with Gasteiger partial charge in [0.1, 0.15) is 0 Å². The van der Waals surface area contributed by atoms with Crippen molar-refractivity contribution >= 4 is 33.4 Å². The molecule has 0 unspecified atom stereocenters. The minimum atomic E-state index is -0.461. The molecule has 5 nitrogen and oxygen atoms in total. The fraction of sp³-hybridized carbons (Fsp3) is 0.429. The van der Waals surface area contributed by atoms with E-state index in [0.29, 0.717) is 6.61 Å². The first-order valence-electron chi connectivity index (χ1n) is 6.59. The Labute approximate surface area is 127 Å². The van der Waals surface area contributed by atoms with Crippen LogP contribution in [0, 0.1) is 0 Å². The summed E-state index contributed by atoms with van der Waals surface area (Å²) in [6, 6.07) is 7.61. The number of halogens is 1. The number of hydrogen-bond acceptors (Lipinski definition) is 4. The first-order valence-corrected chi connectivity index (χ1v) is 7.38. The van der Waals surface area contributed by atoms with E-state index in [1.807, 2.05) is 38.1 Å². The zero-order valence-electron chi connectivity index (χ0n) is 11.9. The predicted molar refractivity (Wildman–Crippen MR) is 84.7 cm³/mol. The molecule has 110 valence electrons. The topological polar surface area (TPSA) is 62.7 Å². The van der Waals surface area contributed by atoms with Crippen molar-refractivity contribution in [2.45, 2.75) is 33.2 Å². The quantitative estimate of drug-likeness (QED) is 0.374. The number of hydrogen-bond donors (Lipinski definition) is 2. The number of benzene rings is 1. The number of esters is 1. The average molecular weight is 342 g/mol. The minimum absolute atomic E-state index is 0.0497. The van der Waals surface area contributed by atoms with E-state index in [1.54, 1.807) is 6.92 Å². The van der Waals surface area contributed by atoms with Crippen LogP contribution in [0.1, 0.15) is 27.2 Å². The molecule has 1 rings (SSSR count). The van der Waals surface area contributed by atoms with Gasteiger partial charge >= 0.3 is 5.97 Å². The highest BCUT2D eigenvalue weighted by atomic mass is 79.9. The Morgan fingerprint density at radius 3 is 2.55 bits per heavy atom. The lowest BCUT2D eigenvalue weighted by molar-refractivity contribution is -0.135. The van der Waals surface area contributed by atoms with Crippen LogP contribution in [0.3, 0.4) is 0 Å². The van der Waals surface area contributed by atoms with Crippen LogP contribution in [0.5, 0.6) is 0 Å². The summed E-state index contributed by atoms with van der Waals surface area (Å²) in [5.74, 6) is -0.276. The molecule has 0 fully saturated rings. The van der Waals surface area contributed by atoms with Gasteiger partial charge in [0.05, 0.1) is 12.3 Å². The molecular formula is C14H20BrN3O2. The summed E-state index contributed by atoms with van der Waals surface area (Å²) in [5, 5.41) is 0. The highest BCUT2D eigenvalue weighted by Gasteiger charge is 2.13. The summed E-state index contributed by atoms with van der Waals surface area (Å²) >= 11 is 3.37. The maximum absolute atomic E-state index is 11.8. The van der Waals surface area contributed by atoms with Gasteiger partial charge in [-0.2, -0.15) is 0 Å². The molecule has 0 saturated carbocycles. The zero-order chi connectivity index (χ0) is 15.0. The molecule has 0 bridgehead atoms. The van der Waals surface area contributed by atoms with Gasteiger partial charge < -0.3 is 4.74 Å². The predicted octanol–water partition coefficient (Wildman–Crippen LogP) is 3.13. The number of ether oxygens (including phenoxy) is 1. The first-order chi connectivity index (χ1) is 9.56. The Morgan fingerprint density at radius 1 is 1.35 bits per heavy atom. The van der Waals surface area contributed by atoms with Crippen LogP contribution in [-0.4, -0.2) is 24.5 Å². The minimum Gasteiger partial charge on any atom is -0.460 e. The van der Waals surface area contributed by atoms with Gasteiger partial charge in [-0.25, -0.2) is 4.79 Å². The lowest BCUT2D eigenvalue weighted by Crippen LogP contribution is -2.37. The van der Waals surface area contributed by atoms with E-state index in [4.69, 9.17) is 4.74 Å². The van der Waals surface area contributed by atoms with Crippen molar-refractivity contribution in [2.24, 2.45) is 4.99 Å². The second-order valence-electron chi connectivity index (χ2n) is 4.21. The van der Waals surface area contributed by atoms with Crippen LogP contribution in [0.25, 0.3) is 0 Å². The van der Waals surface area contributed by atoms with Crippen molar-refractivity contribution < 1.29 is 9.53 Å². The monoisotopic (exact) mass is 341 g/mol. The number of aliphatic imine (C=N–C) groups is 1. The van der Waals surface area contributed by atoms with Gasteiger partial charge in [-0.15, -0.1) is 0 Å². The van der Waals surface area contributed by atoms with Crippen LogP contribution in [0.15, 0.2) is 33.7 Å². The Hall–Kier alpha value is -1.56. The fourth-order valence-corrected chi connectivity index (χ4v) is 1.58.